The van der Waals surface area contributed by atoms with Gasteiger partial charge < -0.3 is 4.57 Å². The van der Waals surface area contributed by atoms with Gasteiger partial charge in [0.2, 0.25) is 0 Å². The molecule has 56 heavy (non-hydrogen) atoms. The summed E-state index contributed by atoms with van der Waals surface area (Å²) in [5.74, 6) is 0.448. The van der Waals surface area contributed by atoms with Crippen molar-refractivity contribution in [3.05, 3.63) is 212 Å². The number of thioether (sulfide) groups is 1. The molecule has 0 radical (unpaired) electrons. The minimum absolute atomic E-state index is 0.448. The first-order valence-electron chi connectivity index (χ1n) is 19.3. The van der Waals surface area contributed by atoms with Crippen molar-refractivity contribution in [2.75, 3.05) is 0 Å². The molecule has 264 valence electrons. The summed E-state index contributed by atoms with van der Waals surface area (Å²) in [4.78, 5) is 6.60. The predicted octanol–water partition coefficient (Wildman–Crippen LogP) is 14.2. The maximum absolute atomic E-state index is 5.19. The number of hydrogen-bond acceptors (Lipinski definition) is 2. The second-order valence-electron chi connectivity index (χ2n) is 14.7. The van der Waals surface area contributed by atoms with Gasteiger partial charge in [-0.05, 0) is 81.4 Å². The minimum Gasteiger partial charge on any atom is -0.309 e. The van der Waals surface area contributed by atoms with Crippen LogP contribution in [0.1, 0.15) is 11.5 Å². The largest absolute Gasteiger partial charge is 0.309 e. The topological polar surface area (TPSA) is 17.8 Å². The molecule has 0 N–H and O–H groups in total. The van der Waals surface area contributed by atoms with Gasteiger partial charge in [-0.1, -0.05) is 164 Å². The van der Waals surface area contributed by atoms with Crippen LogP contribution < -0.4 is 0 Å². The van der Waals surface area contributed by atoms with Gasteiger partial charge in [-0.15, -0.1) is 11.8 Å². The minimum atomic E-state index is 0.448. The molecule has 2 nitrogen and oxygen atoms in total. The van der Waals surface area contributed by atoms with Crippen LogP contribution in [0.3, 0.4) is 0 Å². The van der Waals surface area contributed by atoms with Crippen molar-refractivity contribution in [3.8, 4) is 61.6 Å². The van der Waals surface area contributed by atoms with Gasteiger partial charge in [-0.25, -0.2) is 4.98 Å². The maximum atomic E-state index is 5.19. The van der Waals surface area contributed by atoms with Gasteiger partial charge in [0.15, 0.2) is 0 Å². The van der Waals surface area contributed by atoms with E-state index in [1.807, 2.05) is 17.8 Å². The normalized spacial score (nSPS) is 15.6. The third kappa shape index (κ3) is 5.63. The lowest BCUT2D eigenvalue weighted by molar-refractivity contribution is 0.881. The summed E-state index contributed by atoms with van der Waals surface area (Å²) in [5.41, 5.74) is 16.4. The molecule has 0 saturated heterocycles. The Bertz CT molecular complexity index is 2930. The van der Waals surface area contributed by atoms with E-state index < -0.39 is 0 Å². The highest BCUT2D eigenvalue weighted by atomic mass is 32.2. The highest BCUT2D eigenvalue weighted by Crippen LogP contribution is 2.52. The summed E-state index contributed by atoms with van der Waals surface area (Å²) < 4.78 is 2.41. The summed E-state index contributed by atoms with van der Waals surface area (Å²) in [6.07, 6.45) is 9.08. The molecule has 11 rings (SSSR count). The molecule has 7 aromatic carbocycles. The molecule has 2 atom stereocenters. The fraction of sp³-hybridized carbons (Fsp3) is 0.0377. The number of fused-ring (bicyclic) bond motifs is 6. The molecular weight excluding hydrogens is 697 g/mol. The third-order valence-electron chi connectivity index (χ3n) is 11.3. The van der Waals surface area contributed by atoms with Crippen LogP contribution in [0.25, 0.3) is 83.4 Å². The lowest BCUT2D eigenvalue weighted by Gasteiger charge is -2.14. The maximum Gasteiger partial charge on any atom is 0.0715 e. The SMILES string of the molecule is C1=CC2Sc3c(-c4cccc(-c5ccc6c7ccccc7n(-c7ccc(-c8cc(-c9ccccc9)cc(-c9ccccc9)n8)cc7)c6c5)c4)cccc3C2C=C1. The van der Waals surface area contributed by atoms with Crippen LogP contribution in [-0.2, 0) is 0 Å². The Morgan fingerprint density at radius 2 is 1.05 bits per heavy atom. The van der Waals surface area contributed by atoms with Gasteiger partial charge in [0.1, 0.15) is 0 Å². The molecule has 9 aromatic rings. The van der Waals surface area contributed by atoms with Crippen molar-refractivity contribution < 1.29 is 0 Å². The zero-order valence-corrected chi connectivity index (χ0v) is 31.4. The van der Waals surface area contributed by atoms with E-state index in [0.717, 1.165) is 33.8 Å². The number of benzene rings is 7. The molecular formula is C53H36N2S. The van der Waals surface area contributed by atoms with Crippen molar-refractivity contribution in [2.24, 2.45) is 0 Å². The van der Waals surface area contributed by atoms with Gasteiger partial charge in [-0.2, -0.15) is 0 Å². The molecule has 0 saturated carbocycles. The second kappa shape index (κ2) is 13.6. The Balaban J connectivity index is 0.995. The van der Waals surface area contributed by atoms with Crippen LogP contribution in [0.5, 0.6) is 0 Å². The molecule has 0 bridgehead atoms. The fourth-order valence-corrected chi connectivity index (χ4v) is 10.1. The Morgan fingerprint density at radius 3 is 1.88 bits per heavy atom. The molecule has 1 aliphatic carbocycles. The standard InChI is InChI=1S/C53H36N2S/c1-3-13-35(14-4-1)41-32-48(36-15-5-2-6-16-36)54-49(33-41)37-25-28-42(29-26-37)55-50-23-9-7-19-44(50)45-30-27-39(34-51(45)55)38-17-11-18-40(31-38)43-21-12-22-47-46-20-8-10-24-52(46)56-53(43)47/h1-34,46,52H. The third-order valence-corrected chi connectivity index (χ3v) is 12.8. The molecule has 1 aliphatic heterocycles. The number of aromatic nitrogens is 2. The average molecular weight is 733 g/mol. The zero-order chi connectivity index (χ0) is 37.0. The van der Waals surface area contributed by atoms with Crippen LogP contribution in [0.15, 0.2) is 211 Å². The van der Waals surface area contributed by atoms with Gasteiger partial charge in [0.25, 0.3) is 0 Å². The van der Waals surface area contributed by atoms with E-state index in [9.17, 15) is 0 Å². The van der Waals surface area contributed by atoms with E-state index in [0.29, 0.717) is 11.2 Å². The van der Waals surface area contributed by atoms with E-state index in [1.165, 1.54) is 60.1 Å². The predicted molar refractivity (Wildman–Crippen MR) is 236 cm³/mol. The summed E-state index contributed by atoms with van der Waals surface area (Å²) in [5, 5.41) is 2.97. The number of rotatable bonds is 6. The van der Waals surface area contributed by atoms with Gasteiger partial charge in [0, 0.05) is 43.7 Å². The molecule has 0 spiro atoms. The zero-order valence-electron chi connectivity index (χ0n) is 30.6. The van der Waals surface area contributed by atoms with E-state index in [-0.39, 0.29) is 0 Å². The first-order chi connectivity index (χ1) is 27.7. The molecule has 0 amide bonds. The Hall–Kier alpha value is -6.68. The second-order valence-corrected chi connectivity index (χ2v) is 15.9. The van der Waals surface area contributed by atoms with Gasteiger partial charge in [-0.3, -0.25) is 0 Å². The van der Waals surface area contributed by atoms with Gasteiger partial charge in [0.05, 0.1) is 22.4 Å². The van der Waals surface area contributed by atoms with Crippen molar-refractivity contribution >= 4 is 33.6 Å². The summed E-state index contributed by atoms with van der Waals surface area (Å²) in [7, 11) is 0. The van der Waals surface area contributed by atoms with E-state index in [2.05, 4.69) is 205 Å². The number of pyridine rings is 1. The summed E-state index contributed by atoms with van der Waals surface area (Å²) in [6, 6.07) is 65.9. The van der Waals surface area contributed by atoms with Gasteiger partial charge >= 0.3 is 0 Å². The number of nitrogens with zero attached hydrogens (tertiary/aromatic N) is 2. The van der Waals surface area contributed by atoms with Crippen molar-refractivity contribution in [3.63, 3.8) is 0 Å². The van der Waals surface area contributed by atoms with Crippen molar-refractivity contribution in [1.29, 1.82) is 0 Å². The molecule has 2 unspecified atom stereocenters. The summed E-state index contributed by atoms with van der Waals surface area (Å²) in [6.45, 7) is 0. The lowest BCUT2D eigenvalue weighted by Crippen LogP contribution is -2.06. The molecule has 2 aliphatic rings. The Morgan fingerprint density at radius 1 is 0.429 bits per heavy atom. The van der Waals surface area contributed by atoms with Crippen LogP contribution in [0, 0.1) is 0 Å². The smallest absolute Gasteiger partial charge is 0.0715 e. The lowest BCUT2D eigenvalue weighted by atomic mass is 9.90. The van der Waals surface area contributed by atoms with E-state index >= 15 is 0 Å². The highest BCUT2D eigenvalue weighted by molar-refractivity contribution is 8.00. The number of hydrogen-bond donors (Lipinski definition) is 0. The average Bonchev–Trinajstić information content (AvgIpc) is 3.83. The Labute approximate surface area is 331 Å². The molecule has 0 fully saturated rings. The van der Waals surface area contributed by atoms with Crippen LogP contribution in [0.2, 0.25) is 0 Å². The Kier molecular flexibility index (Phi) is 7.93. The highest BCUT2D eigenvalue weighted by Gasteiger charge is 2.32. The number of para-hydroxylation sites is 1. The monoisotopic (exact) mass is 732 g/mol. The number of allylic oxidation sites excluding steroid dienone is 3. The fourth-order valence-electron chi connectivity index (χ4n) is 8.60. The van der Waals surface area contributed by atoms with Crippen LogP contribution in [-0.4, -0.2) is 14.8 Å². The quantitative estimate of drug-likeness (QED) is 0.169. The summed E-state index contributed by atoms with van der Waals surface area (Å²) >= 11 is 2.00. The molecule has 3 heteroatoms. The molecule has 3 heterocycles. The van der Waals surface area contributed by atoms with Crippen LogP contribution in [0.4, 0.5) is 0 Å². The van der Waals surface area contributed by atoms with E-state index in [4.69, 9.17) is 4.98 Å². The van der Waals surface area contributed by atoms with Crippen LogP contribution >= 0.6 is 11.8 Å². The van der Waals surface area contributed by atoms with Crippen molar-refractivity contribution in [2.45, 2.75) is 16.1 Å². The first kappa shape index (κ1) is 32.7. The molecule has 2 aromatic heterocycles. The first-order valence-corrected chi connectivity index (χ1v) is 20.2. The van der Waals surface area contributed by atoms with Crippen molar-refractivity contribution in [1.82, 2.24) is 9.55 Å². The van der Waals surface area contributed by atoms with E-state index in [1.54, 1.807) is 0 Å².